The molecule has 0 unspecified atom stereocenters. The van der Waals surface area contributed by atoms with Gasteiger partial charge in [-0.2, -0.15) is 0 Å². The highest BCUT2D eigenvalue weighted by atomic mass is 19.1. The van der Waals surface area contributed by atoms with Crippen LogP contribution in [0.4, 0.5) is 4.39 Å². The predicted molar refractivity (Wildman–Crippen MR) is 74.7 cm³/mol. The Kier molecular flexibility index (Phi) is 4.69. The SMILES string of the molecule is Cc1cc(CNC(=O)c2ccc(F)cc2C#CCN)on1. The topological polar surface area (TPSA) is 81.2 Å². The molecule has 2 rings (SSSR count). The first-order valence-corrected chi connectivity index (χ1v) is 6.29. The van der Waals surface area contributed by atoms with Crippen molar-refractivity contribution in [1.29, 1.82) is 0 Å². The molecular formula is C15H14FN3O2. The average molecular weight is 287 g/mol. The standard InChI is InChI=1S/C15H14FN3O2/c1-10-7-13(21-19-10)9-18-15(20)14-5-4-12(16)8-11(14)3-2-6-17/h4-5,7-8H,6,9,17H2,1H3,(H,18,20). The Labute approximate surface area is 121 Å². The Bertz CT molecular complexity index is 713. The fourth-order valence-corrected chi connectivity index (χ4v) is 1.73. The second kappa shape index (κ2) is 6.68. The highest BCUT2D eigenvalue weighted by Gasteiger charge is 2.12. The van der Waals surface area contributed by atoms with Crippen LogP contribution in [0.5, 0.6) is 0 Å². The van der Waals surface area contributed by atoms with Crippen molar-refractivity contribution in [2.24, 2.45) is 5.73 Å². The minimum absolute atomic E-state index is 0.134. The molecule has 0 atom stereocenters. The summed E-state index contributed by atoms with van der Waals surface area (Å²) in [6.45, 7) is 2.12. The predicted octanol–water partition coefficient (Wildman–Crippen LogP) is 1.36. The third-order valence-electron chi connectivity index (χ3n) is 2.65. The number of nitrogens with two attached hydrogens (primary N) is 1. The highest BCUT2D eigenvalue weighted by molar-refractivity contribution is 5.96. The molecule has 21 heavy (non-hydrogen) atoms. The van der Waals surface area contributed by atoms with Crippen molar-refractivity contribution in [2.75, 3.05) is 6.54 Å². The highest BCUT2D eigenvalue weighted by Crippen LogP contribution is 2.11. The number of carbonyl (C=O) groups excluding carboxylic acids is 1. The molecule has 0 aliphatic rings. The molecule has 0 fully saturated rings. The van der Waals surface area contributed by atoms with Crippen LogP contribution in [0.3, 0.4) is 0 Å². The maximum atomic E-state index is 13.2. The van der Waals surface area contributed by atoms with Gasteiger partial charge in [0.05, 0.1) is 24.3 Å². The first kappa shape index (κ1) is 14.8. The summed E-state index contributed by atoms with van der Waals surface area (Å²) in [4.78, 5) is 12.1. The van der Waals surface area contributed by atoms with Gasteiger partial charge in [0, 0.05) is 11.6 Å². The number of hydrogen-bond donors (Lipinski definition) is 2. The van der Waals surface area contributed by atoms with E-state index in [1.54, 1.807) is 13.0 Å². The molecule has 1 aromatic carbocycles. The summed E-state index contributed by atoms with van der Waals surface area (Å²) in [5.74, 6) is 5.00. The molecular weight excluding hydrogens is 273 g/mol. The summed E-state index contributed by atoms with van der Waals surface area (Å²) in [6, 6.07) is 5.52. The first-order valence-electron chi connectivity index (χ1n) is 6.29. The zero-order valence-corrected chi connectivity index (χ0v) is 11.4. The van der Waals surface area contributed by atoms with E-state index in [0.717, 1.165) is 5.69 Å². The van der Waals surface area contributed by atoms with E-state index in [9.17, 15) is 9.18 Å². The molecule has 0 saturated carbocycles. The maximum absolute atomic E-state index is 13.2. The Morgan fingerprint density at radius 3 is 2.95 bits per heavy atom. The quantitative estimate of drug-likeness (QED) is 0.835. The lowest BCUT2D eigenvalue weighted by Crippen LogP contribution is -2.23. The molecule has 0 radical (unpaired) electrons. The fourth-order valence-electron chi connectivity index (χ4n) is 1.73. The summed E-state index contributed by atoms with van der Waals surface area (Å²) in [7, 11) is 0. The number of rotatable bonds is 3. The van der Waals surface area contributed by atoms with Gasteiger partial charge in [0.25, 0.3) is 5.91 Å². The van der Waals surface area contributed by atoms with E-state index in [1.165, 1.54) is 18.2 Å². The summed E-state index contributed by atoms with van der Waals surface area (Å²) in [5, 5.41) is 6.40. The maximum Gasteiger partial charge on any atom is 0.252 e. The molecule has 5 nitrogen and oxygen atoms in total. The molecule has 0 spiro atoms. The molecule has 0 bridgehead atoms. The van der Waals surface area contributed by atoms with Gasteiger partial charge in [0.15, 0.2) is 5.76 Å². The zero-order chi connectivity index (χ0) is 15.2. The third-order valence-corrected chi connectivity index (χ3v) is 2.65. The van der Waals surface area contributed by atoms with Crippen molar-refractivity contribution in [2.45, 2.75) is 13.5 Å². The molecule has 0 aliphatic carbocycles. The number of aryl methyl sites for hydroxylation is 1. The van der Waals surface area contributed by atoms with Crippen molar-refractivity contribution in [3.8, 4) is 11.8 Å². The monoisotopic (exact) mass is 287 g/mol. The lowest BCUT2D eigenvalue weighted by atomic mass is 10.1. The molecule has 3 N–H and O–H groups in total. The van der Waals surface area contributed by atoms with Crippen LogP contribution in [0.25, 0.3) is 0 Å². The molecule has 6 heteroatoms. The largest absolute Gasteiger partial charge is 0.359 e. The summed E-state index contributed by atoms with van der Waals surface area (Å²) in [5.41, 5.74) is 6.61. The van der Waals surface area contributed by atoms with E-state index in [-0.39, 0.29) is 24.6 Å². The number of halogens is 1. The number of nitrogens with one attached hydrogen (secondary N) is 1. The second-order valence-corrected chi connectivity index (χ2v) is 4.31. The van der Waals surface area contributed by atoms with Gasteiger partial charge in [-0.15, -0.1) is 0 Å². The molecule has 1 amide bonds. The third kappa shape index (κ3) is 3.91. The minimum Gasteiger partial charge on any atom is -0.359 e. The molecule has 1 heterocycles. The van der Waals surface area contributed by atoms with E-state index in [1.807, 2.05) is 0 Å². The lowest BCUT2D eigenvalue weighted by Gasteiger charge is -2.05. The average Bonchev–Trinajstić information content (AvgIpc) is 2.88. The van der Waals surface area contributed by atoms with E-state index < -0.39 is 5.82 Å². The molecule has 0 aliphatic heterocycles. The van der Waals surface area contributed by atoms with Crippen LogP contribution in [-0.4, -0.2) is 17.6 Å². The normalized spacial score (nSPS) is 9.86. The molecule has 1 aromatic heterocycles. The number of nitrogens with zero attached hydrogens (tertiary/aromatic N) is 1. The van der Waals surface area contributed by atoms with Gasteiger partial charge in [-0.05, 0) is 25.1 Å². The Morgan fingerprint density at radius 2 is 2.29 bits per heavy atom. The van der Waals surface area contributed by atoms with Gasteiger partial charge in [-0.1, -0.05) is 17.0 Å². The molecule has 0 saturated heterocycles. The van der Waals surface area contributed by atoms with Crippen LogP contribution in [0, 0.1) is 24.6 Å². The van der Waals surface area contributed by atoms with Gasteiger partial charge in [0.1, 0.15) is 5.82 Å². The van der Waals surface area contributed by atoms with E-state index in [0.29, 0.717) is 11.3 Å². The van der Waals surface area contributed by atoms with Crippen LogP contribution in [-0.2, 0) is 6.54 Å². The van der Waals surface area contributed by atoms with Gasteiger partial charge in [-0.3, -0.25) is 4.79 Å². The van der Waals surface area contributed by atoms with Crippen LogP contribution in [0.1, 0.15) is 27.4 Å². The van der Waals surface area contributed by atoms with E-state index in [2.05, 4.69) is 22.3 Å². The number of benzene rings is 1. The summed E-state index contributed by atoms with van der Waals surface area (Å²) in [6.07, 6.45) is 0. The van der Waals surface area contributed by atoms with Crippen molar-refractivity contribution in [3.63, 3.8) is 0 Å². The number of amides is 1. The first-order chi connectivity index (χ1) is 10.1. The van der Waals surface area contributed by atoms with E-state index >= 15 is 0 Å². The summed E-state index contributed by atoms with van der Waals surface area (Å²) >= 11 is 0. The number of carbonyl (C=O) groups is 1. The molecule has 108 valence electrons. The van der Waals surface area contributed by atoms with Gasteiger partial charge in [-0.25, -0.2) is 4.39 Å². The van der Waals surface area contributed by atoms with Crippen LogP contribution >= 0.6 is 0 Å². The van der Waals surface area contributed by atoms with Gasteiger partial charge >= 0.3 is 0 Å². The van der Waals surface area contributed by atoms with Crippen molar-refractivity contribution in [1.82, 2.24) is 10.5 Å². The van der Waals surface area contributed by atoms with Crippen LogP contribution in [0.2, 0.25) is 0 Å². The van der Waals surface area contributed by atoms with E-state index in [4.69, 9.17) is 10.3 Å². The van der Waals surface area contributed by atoms with Gasteiger partial charge < -0.3 is 15.6 Å². The Morgan fingerprint density at radius 1 is 1.48 bits per heavy atom. The zero-order valence-electron chi connectivity index (χ0n) is 11.4. The Balaban J connectivity index is 2.14. The number of hydrogen-bond acceptors (Lipinski definition) is 4. The Hall–Kier alpha value is -2.65. The lowest BCUT2D eigenvalue weighted by molar-refractivity contribution is 0.0947. The summed E-state index contributed by atoms with van der Waals surface area (Å²) < 4.78 is 18.2. The van der Waals surface area contributed by atoms with Crippen LogP contribution in [0.15, 0.2) is 28.8 Å². The van der Waals surface area contributed by atoms with Gasteiger partial charge in [0.2, 0.25) is 0 Å². The van der Waals surface area contributed by atoms with Crippen LogP contribution < -0.4 is 11.1 Å². The second-order valence-electron chi connectivity index (χ2n) is 4.31. The fraction of sp³-hybridized carbons (Fsp3) is 0.200. The minimum atomic E-state index is -0.460. The van der Waals surface area contributed by atoms with Crippen molar-refractivity contribution in [3.05, 3.63) is 52.7 Å². The molecule has 2 aromatic rings. The number of aromatic nitrogens is 1. The van der Waals surface area contributed by atoms with Crippen molar-refractivity contribution >= 4 is 5.91 Å². The van der Waals surface area contributed by atoms with Crippen molar-refractivity contribution < 1.29 is 13.7 Å². The smallest absolute Gasteiger partial charge is 0.252 e.